The summed E-state index contributed by atoms with van der Waals surface area (Å²) in [5.74, 6) is -1.61. The van der Waals surface area contributed by atoms with Gasteiger partial charge in [-0.1, -0.05) is 6.08 Å². The first kappa shape index (κ1) is 12.7. The zero-order valence-electron chi connectivity index (χ0n) is 8.96. The lowest BCUT2D eigenvalue weighted by molar-refractivity contribution is -0.155. The summed E-state index contributed by atoms with van der Waals surface area (Å²) >= 11 is 0. The molecule has 0 spiro atoms. The van der Waals surface area contributed by atoms with Crippen LogP contribution in [0.15, 0.2) is 11.6 Å². The van der Waals surface area contributed by atoms with Crippen molar-refractivity contribution in [3.8, 4) is 0 Å². The molecule has 0 aliphatic carbocycles. The Labute approximate surface area is 83.6 Å². The molecule has 0 aromatic rings. The Morgan fingerprint density at radius 1 is 1.36 bits per heavy atom. The topological polar surface area (TPSA) is 63.6 Å². The zero-order valence-corrected chi connectivity index (χ0v) is 8.96. The van der Waals surface area contributed by atoms with Crippen molar-refractivity contribution in [3.63, 3.8) is 0 Å². The second kappa shape index (κ2) is 4.79. The highest BCUT2D eigenvalue weighted by atomic mass is 16.6. The summed E-state index contributed by atoms with van der Waals surface area (Å²) in [5, 5.41) is 8.64. The summed E-state index contributed by atoms with van der Waals surface area (Å²) in [4.78, 5) is 21.8. The van der Waals surface area contributed by atoms with Crippen LogP contribution in [-0.4, -0.2) is 22.6 Å². The van der Waals surface area contributed by atoms with Gasteiger partial charge in [-0.05, 0) is 27.7 Å². The third kappa shape index (κ3) is 5.35. The van der Waals surface area contributed by atoms with Crippen LogP contribution in [0, 0.1) is 0 Å². The monoisotopic (exact) mass is 200 g/mol. The van der Waals surface area contributed by atoms with Crippen LogP contribution in [0.5, 0.6) is 0 Å². The molecule has 0 aliphatic heterocycles. The molecule has 0 heterocycles. The standard InChI is InChI=1S/C10H16O4/c1-5-7(9(12)13)6-8(11)14-10(2,3)4/h5H,6H2,1-4H3,(H,12,13). The van der Waals surface area contributed by atoms with Gasteiger partial charge in [0.2, 0.25) is 0 Å². The van der Waals surface area contributed by atoms with Crippen molar-refractivity contribution in [2.45, 2.75) is 39.7 Å². The van der Waals surface area contributed by atoms with Crippen molar-refractivity contribution in [1.29, 1.82) is 0 Å². The molecule has 0 saturated carbocycles. The van der Waals surface area contributed by atoms with Crippen LogP contribution in [-0.2, 0) is 14.3 Å². The number of allylic oxidation sites excluding steroid dienone is 1. The molecular formula is C10H16O4. The number of carbonyl (C=O) groups excluding carboxylic acids is 1. The van der Waals surface area contributed by atoms with E-state index in [9.17, 15) is 9.59 Å². The molecule has 0 bridgehead atoms. The van der Waals surface area contributed by atoms with E-state index in [1.165, 1.54) is 6.08 Å². The van der Waals surface area contributed by atoms with Crippen LogP contribution in [0.1, 0.15) is 34.1 Å². The number of rotatable bonds is 3. The van der Waals surface area contributed by atoms with Gasteiger partial charge in [0.15, 0.2) is 0 Å². The predicted octanol–water partition coefficient (Wildman–Crippen LogP) is 1.75. The Kier molecular flexibility index (Phi) is 4.34. The summed E-state index contributed by atoms with van der Waals surface area (Å²) in [6.07, 6.45) is 1.20. The van der Waals surface area contributed by atoms with Crippen molar-refractivity contribution in [3.05, 3.63) is 11.6 Å². The minimum Gasteiger partial charge on any atom is -0.478 e. The lowest BCUT2D eigenvalue weighted by Crippen LogP contribution is -2.24. The molecule has 0 fully saturated rings. The van der Waals surface area contributed by atoms with Gasteiger partial charge in [0.05, 0.1) is 6.42 Å². The van der Waals surface area contributed by atoms with Crippen LogP contribution in [0.4, 0.5) is 0 Å². The normalized spacial score (nSPS) is 12.4. The molecule has 0 aromatic carbocycles. The van der Waals surface area contributed by atoms with Crippen molar-refractivity contribution in [1.82, 2.24) is 0 Å². The number of esters is 1. The Bertz CT molecular complexity index is 258. The molecule has 4 nitrogen and oxygen atoms in total. The second-order valence-electron chi connectivity index (χ2n) is 3.88. The molecule has 0 amide bonds. The van der Waals surface area contributed by atoms with Crippen molar-refractivity contribution in [2.75, 3.05) is 0 Å². The first-order valence-corrected chi connectivity index (χ1v) is 4.36. The summed E-state index contributed by atoms with van der Waals surface area (Å²) < 4.78 is 4.98. The third-order valence-electron chi connectivity index (χ3n) is 1.38. The van der Waals surface area contributed by atoms with Crippen LogP contribution in [0.2, 0.25) is 0 Å². The highest BCUT2D eigenvalue weighted by Gasteiger charge is 2.19. The molecule has 0 radical (unpaired) electrons. The second-order valence-corrected chi connectivity index (χ2v) is 3.88. The van der Waals surface area contributed by atoms with E-state index in [-0.39, 0.29) is 12.0 Å². The molecule has 0 unspecified atom stereocenters. The van der Waals surface area contributed by atoms with E-state index in [1.807, 2.05) is 0 Å². The van der Waals surface area contributed by atoms with E-state index in [1.54, 1.807) is 27.7 Å². The Morgan fingerprint density at radius 2 is 1.86 bits per heavy atom. The average molecular weight is 200 g/mol. The number of ether oxygens (including phenoxy) is 1. The van der Waals surface area contributed by atoms with Crippen LogP contribution in [0.25, 0.3) is 0 Å². The summed E-state index contributed by atoms with van der Waals surface area (Å²) in [6, 6.07) is 0. The lowest BCUT2D eigenvalue weighted by Gasteiger charge is -2.19. The predicted molar refractivity (Wildman–Crippen MR) is 51.9 cm³/mol. The number of carboxylic acids is 1. The molecular weight excluding hydrogens is 184 g/mol. The van der Waals surface area contributed by atoms with E-state index >= 15 is 0 Å². The molecule has 14 heavy (non-hydrogen) atoms. The molecule has 0 aromatic heterocycles. The van der Waals surface area contributed by atoms with Gasteiger partial charge in [-0.3, -0.25) is 4.79 Å². The van der Waals surface area contributed by atoms with Gasteiger partial charge in [0.25, 0.3) is 0 Å². The Balaban J connectivity index is 4.26. The van der Waals surface area contributed by atoms with Crippen LogP contribution < -0.4 is 0 Å². The van der Waals surface area contributed by atoms with Gasteiger partial charge in [-0.15, -0.1) is 0 Å². The maximum Gasteiger partial charge on any atom is 0.331 e. The minimum atomic E-state index is -1.08. The summed E-state index contributed by atoms with van der Waals surface area (Å²) in [6.45, 7) is 6.79. The largest absolute Gasteiger partial charge is 0.478 e. The average Bonchev–Trinajstić information content (AvgIpc) is 1.96. The zero-order chi connectivity index (χ0) is 11.4. The van der Waals surface area contributed by atoms with Gasteiger partial charge >= 0.3 is 11.9 Å². The number of hydrogen-bond donors (Lipinski definition) is 1. The highest BCUT2D eigenvalue weighted by molar-refractivity contribution is 5.92. The van der Waals surface area contributed by atoms with Gasteiger partial charge in [0.1, 0.15) is 5.60 Å². The van der Waals surface area contributed by atoms with Gasteiger partial charge in [-0.2, -0.15) is 0 Å². The molecule has 0 aliphatic rings. The van der Waals surface area contributed by atoms with E-state index in [2.05, 4.69) is 0 Å². The Hall–Kier alpha value is -1.32. The number of carbonyl (C=O) groups is 2. The van der Waals surface area contributed by atoms with Crippen molar-refractivity contribution >= 4 is 11.9 Å². The van der Waals surface area contributed by atoms with Crippen molar-refractivity contribution < 1.29 is 19.4 Å². The van der Waals surface area contributed by atoms with Gasteiger partial charge in [0, 0.05) is 5.57 Å². The Morgan fingerprint density at radius 3 is 2.14 bits per heavy atom. The minimum absolute atomic E-state index is 0.0549. The molecule has 0 atom stereocenters. The van der Waals surface area contributed by atoms with Gasteiger partial charge < -0.3 is 9.84 Å². The summed E-state index contributed by atoms with van der Waals surface area (Å²) in [7, 11) is 0. The lowest BCUT2D eigenvalue weighted by atomic mass is 10.1. The van der Waals surface area contributed by atoms with Gasteiger partial charge in [-0.25, -0.2) is 4.79 Å². The number of aliphatic carboxylic acids is 1. The number of hydrogen-bond acceptors (Lipinski definition) is 3. The maximum atomic E-state index is 11.2. The molecule has 4 heteroatoms. The molecule has 0 saturated heterocycles. The van der Waals surface area contributed by atoms with E-state index in [4.69, 9.17) is 9.84 Å². The smallest absolute Gasteiger partial charge is 0.331 e. The van der Waals surface area contributed by atoms with E-state index in [0.29, 0.717) is 0 Å². The van der Waals surface area contributed by atoms with E-state index in [0.717, 1.165) is 0 Å². The van der Waals surface area contributed by atoms with Crippen LogP contribution >= 0.6 is 0 Å². The fourth-order valence-corrected chi connectivity index (χ4v) is 0.834. The maximum absolute atomic E-state index is 11.2. The van der Waals surface area contributed by atoms with Crippen molar-refractivity contribution in [2.24, 2.45) is 0 Å². The molecule has 1 N–H and O–H groups in total. The first-order chi connectivity index (χ1) is 6.26. The fraction of sp³-hybridized carbons (Fsp3) is 0.600. The van der Waals surface area contributed by atoms with E-state index < -0.39 is 17.5 Å². The van der Waals surface area contributed by atoms with Crippen LogP contribution in [0.3, 0.4) is 0 Å². The SMILES string of the molecule is CC=C(CC(=O)OC(C)(C)C)C(=O)O. The molecule has 80 valence electrons. The quantitative estimate of drug-likeness (QED) is 0.556. The third-order valence-corrected chi connectivity index (χ3v) is 1.38. The molecule has 0 rings (SSSR count). The first-order valence-electron chi connectivity index (χ1n) is 4.36. The fourth-order valence-electron chi connectivity index (χ4n) is 0.834. The number of carboxylic acid groups (broad SMARTS) is 1. The summed E-state index contributed by atoms with van der Waals surface area (Å²) in [5.41, 5.74) is -0.520. The highest BCUT2D eigenvalue weighted by Crippen LogP contribution is 2.11.